The smallest absolute Gasteiger partial charge is 0.145 e. The van der Waals surface area contributed by atoms with Crippen LogP contribution in [0.5, 0.6) is 0 Å². The van der Waals surface area contributed by atoms with Gasteiger partial charge in [-0.1, -0.05) is 188 Å². The zero-order valence-corrected chi connectivity index (χ0v) is 37.6. The molecule has 0 amide bonds. The number of furan rings is 1. The monoisotopic (exact) mass is 878 g/mol. The Hall–Kier alpha value is -9.18. The lowest BCUT2D eigenvalue weighted by molar-refractivity contribution is 0.672. The van der Waals surface area contributed by atoms with Crippen molar-refractivity contribution < 1.29 is 4.42 Å². The van der Waals surface area contributed by atoms with E-state index in [4.69, 9.17) is 4.42 Å². The van der Waals surface area contributed by atoms with Gasteiger partial charge in [0.2, 0.25) is 0 Å². The number of anilines is 3. The van der Waals surface area contributed by atoms with Crippen molar-refractivity contribution in [2.45, 2.75) is 0 Å². The fraction of sp³-hybridized carbons (Fsp3) is 0. The Kier molecular flexibility index (Phi) is 8.90. The van der Waals surface area contributed by atoms with Crippen LogP contribution >= 0.6 is 0 Å². The van der Waals surface area contributed by atoms with Gasteiger partial charge in [0.25, 0.3) is 0 Å². The Morgan fingerprint density at radius 3 is 1.64 bits per heavy atom. The van der Waals surface area contributed by atoms with Crippen LogP contribution in [0.4, 0.5) is 17.1 Å². The van der Waals surface area contributed by atoms with E-state index in [1.165, 1.54) is 76.7 Å². The van der Waals surface area contributed by atoms with Crippen LogP contribution in [0.15, 0.2) is 259 Å². The van der Waals surface area contributed by atoms with Gasteiger partial charge in [-0.15, -0.1) is 0 Å². The zero-order chi connectivity index (χ0) is 45.4. The first-order chi connectivity index (χ1) is 34.2. The fourth-order valence-corrected chi connectivity index (χ4v) is 10.9. The van der Waals surface area contributed by atoms with Crippen LogP contribution in [-0.4, -0.2) is 4.57 Å². The third-order valence-electron chi connectivity index (χ3n) is 14.1. The number of hydrogen-bond donors (Lipinski definition) is 0. The standard InChI is InChI=1S/C66H42N2O/c1-3-15-43(16-4-1)53-20-9-10-21-54(53)44-29-33-51(34-30-44)67(63-42-47-17-7-8-22-57(47)66-65(63)60-24-12-14-26-64(60)69-66)52-35-38-56-49(40-52)28-27-48-39-45(31-36-55(48)56)46-32-37-59-58-23-11-13-25-61(58)68(62(59)41-46)50-18-5-2-6-19-50/h1-42H. The fourth-order valence-electron chi connectivity index (χ4n) is 10.9. The number of para-hydroxylation sites is 3. The summed E-state index contributed by atoms with van der Waals surface area (Å²) in [6, 6.07) is 92.5. The number of hydrogen-bond acceptors (Lipinski definition) is 2. The summed E-state index contributed by atoms with van der Waals surface area (Å²) in [5.41, 5.74) is 15.7. The van der Waals surface area contributed by atoms with Crippen molar-refractivity contribution in [3.05, 3.63) is 255 Å². The van der Waals surface area contributed by atoms with Crippen LogP contribution in [0.3, 0.4) is 0 Å². The maximum Gasteiger partial charge on any atom is 0.145 e. The Bertz CT molecular complexity index is 4300. The van der Waals surface area contributed by atoms with Crippen LogP contribution in [0.2, 0.25) is 0 Å². The molecule has 0 saturated carbocycles. The van der Waals surface area contributed by atoms with E-state index in [0.29, 0.717) is 0 Å². The van der Waals surface area contributed by atoms with Crippen LogP contribution in [0.25, 0.3) is 115 Å². The second-order valence-electron chi connectivity index (χ2n) is 18.0. The number of aromatic nitrogens is 1. The van der Waals surface area contributed by atoms with Crippen LogP contribution < -0.4 is 4.90 Å². The molecule has 0 bridgehead atoms. The van der Waals surface area contributed by atoms with E-state index in [1.807, 2.05) is 0 Å². The van der Waals surface area contributed by atoms with Gasteiger partial charge in [-0.2, -0.15) is 0 Å². The second-order valence-corrected chi connectivity index (χ2v) is 18.0. The summed E-state index contributed by atoms with van der Waals surface area (Å²) < 4.78 is 9.14. The molecule has 14 rings (SSSR count). The Morgan fingerprint density at radius 2 is 0.855 bits per heavy atom. The molecule has 2 aromatic heterocycles. The first-order valence-electron chi connectivity index (χ1n) is 23.7. The maximum absolute atomic E-state index is 6.75. The van der Waals surface area contributed by atoms with Crippen molar-refractivity contribution in [2.24, 2.45) is 0 Å². The maximum atomic E-state index is 6.75. The van der Waals surface area contributed by atoms with E-state index in [0.717, 1.165) is 55.5 Å². The van der Waals surface area contributed by atoms with Crippen LogP contribution in [0.1, 0.15) is 0 Å². The Balaban J connectivity index is 0.914. The molecule has 0 saturated heterocycles. The van der Waals surface area contributed by atoms with Gasteiger partial charge < -0.3 is 13.9 Å². The second kappa shape index (κ2) is 15.7. The highest BCUT2D eigenvalue weighted by atomic mass is 16.3. The summed E-state index contributed by atoms with van der Waals surface area (Å²) in [7, 11) is 0. The van der Waals surface area contributed by atoms with E-state index in [1.54, 1.807) is 0 Å². The lowest BCUT2D eigenvalue weighted by Gasteiger charge is -2.27. The van der Waals surface area contributed by atoms with E-state index in [2.05, 4.69) is 264 Å². The molecule has 3 nitrogen and oxygen atoms in total. The molecule has 3 heteroatoms. The van der Waals surface area contributed by atoms with Crippen LogP contribution in [-0.2, 0) is 0 Å². The highest BCUT2D eigenvalue weighted by Gasteiger charge is 2.23. The first kappa shape index (κ1) is 39.0. The predicted octanol–water partition coefficient (Wildman–Crippen LogP) is 18.6. The summed E-state index contributed by atoms with van der Waals surface area (Å²) in [6.07, 6.45) is 0. The largest absolute Gasteiger partial charge is 0.455 e. The topological polar surface area (TPSA) is 21.3 Å². The quantitative estimate of drug-likeness (QED) is 0.149. The van der Waals surface area contributed by atoms with Gasteiger partial charge in [0.05, 0.1) is 22.1 Å². The molecule has 322 valence electrons. The lowest BCUT2D eigenvalue weighted by Crippen LogP contribution is -2.10. The van der Waals surface area contributed by atoms with E-state index >= 15 is 0 Å². The summed E-state index contributed by atoms with van der Waals surface area (Å²) in [5.74, 6) is 0. The molecular formula is C66H42N2O. The molecule has 69 heavy (non-hydrogen) atoms. The molecule has 2 heterocycles. The number of nitrogens with zero attached hydrogens (tertiary/aromatic N) is 2. The van der Waals surface area contributed by atoms with E-state index in [-0.39, 0.29) is 0 Å². The molecule has 0 atom stereocenters. The van der Waals surface area contributed by atoms with Crippen molar-refractivity contribution in [3.63, 3.8) is 0 Å². The highest BCUT2D eigenvalue weighted by molar-refractivity contribution is 6.22. The molecule has 14 aromatic rings. The van der Waals surface area contributed by atoms with Gasteiger partial charge in [-0.05, 0) is 127 Å². The molecule has 0 spiro atoms. The summed E-state index contributed by atoms with van der Waals surface area (Å²) >= 11 is 0. The first-order valence-corrected chi connectivity index (χ1v) is 23.7. The number of rotatable bonds is 7. The average molecular weight is 879 g/mol. The molecule has 0 N–H and O–H groups in total. The highest BCUT2D eigenvalue weighted by Crippen LogP contribution is 2.47. The summed E-state index contributed by atoms with van der Waals surface area (Å²) in [4.78, 5) is 2.42. The molecule has 0 aliphatic carbocycles. The van der Waals surface area contributed by atoms with Crippen molar-refractivity contribution >= 4 is 93.1 Å². The van der Waals surface area contributed by atoms with Crippen molar-refractivity contribution in [1.29, 1.82) is 0 Å². The third kappa shape index (κ3) is 6.36. The average Bonchev–Trinajstić information content (AvgIpc) is 3.98. The van der Waals surface area contributed by atoms with Gasteiger partial charge in [-0.3, -0.25) is 0 Å². The normalized spacial score (nSPS) is 11.8. The van der Waals surface area contributed by atoms with Gasteiger partial charge in [0, 0.05) is 38.6 Å². The minimum atomic E-state index is 0.876. The Labute approximate surface area is 399 Å². The van der Waals surface area contributed by atoms with Crippen molar-refractivity contribution in [1.82, 2.24) is 4.57 Å². The van der Waals surface area contributed by atoms with Gasteiger partial charge in [0.1, 0.15) is 11.2 Å². The lowest BCUT2D eigenvalue weighted by atomic mass is 9.94. The molecule has 0 fully saturated rings. The third-order valence-corrected chi connectivity index (χ3v) is 14.1. The van der Waals surface area contributed by atoms with E-state index in [9.17, 15) is 0 Å². The minimum absolute atomic E-state index is 0.876. The molecule has 12 aromatic carbocycles. The predicted molar refractivity (Wildman–Crippen MR) is 292 cm³/mol. The van der Waals surface area contributed by atoms with Crippen molar-refractivity contribution in [3.8, 4) is 39.1 Å². The van der Waals surface area contributed by atoms with Crippen molar-refractivity contribution in [2.75, 3.05) is 4.90 Å². The van der Waals surface area contributed by atoms with Crippen LogP contribution in [0, 0.1) is 0 Å². The van der Waals surface area contributed by atoms with Gasteiger partial charge >= 0.3 is 0 Å². The zero-order valence-electron chi connectivity index (χ0n) is 37.6. The molecular weight excluding hydrogens is 837 g/mol. The van der Waals surface area contributed by atoms with Gasteiger partial charge in [0.15, 0.2) is 0 Å². The molecule has 0 unspecified atom stereocenters. The van der Waals surface area contributed by atoms with E-state index < -0.39 is 0 Å². The summed E-state index contributed by atoms with van der Waals surface area (Å²) in [6.45, 7) is 0. The number of benzene rings is 12. The molecule has 0 aliphatic rings. The summed E-state index contributed by atoms with van der Waals surface area (Å²) in [5, 5.41) is 11.8. The Morgan fingerprint density at radius 1 is 0.319 bits per heavy atom. The molecule has 0 radical (unpaired) electrons. The number of fused-ring (bicyclic) bond motifs is 11. The SMILES string of the molecule is c1ccc(-c2ccccc2-c2ccc(N(c3ccc4c(ccc5cc(-c6ccc7c8ccccc8n(-c8ccccc8)c7c6)ccc54)c3)c3cc4ccccc4c4oc5ccccc5c34)cc2)cc1. The minimum Gasteiger partial charge on any atom is -0.455 e. The van der Waals surface area contributed by atoms with Gasteiger partial charge in [-0.25, -0.2) is 0 Å². The molecule has 0 aliphatic heterocycles.